The second-order valence-corrected chi connectivity index (χ2v) is 4.68. The number of nitrogens with zero attached hydrogens (tertiary/aromatic N) is 1. The lowest BCUT2D eigenvalue weighted by molar-refractivity contribution is -0.136. The highest BCUT2D eigenvalue weighted by molar-refractivity contribution is 8.00. The van der Waals surface area contributed by atoms with Gasteiger partial charge in [0.25, 0.3) is 0 Å². The Morgan fingerprint density at radius 3 is 3.07 bits per heavy atom. The summed E-state index contributed by atoms with van der Waals surface area (Å²) in [5.74, 6) is -1.13. The Morgan fingerprint density at radius 1 is 1.67 bits per heavy atom. The summed E-state index contributed by atoms with van der Waals surface area (Å²) in [5.41, 5.74) is 0.762. The average molecular weight is 227 g/mol. The smallest absolute Gasteiger partial charge is 0.318 e. The van der Waals surface area contributed by atoms with Crippen molar-refractivity contribution in [1.82, 2.24) is 0 Å². The summed E-state index contributed by atoms with van der Waals surface area (Å²) in [6, 6.07) is 4.41. The number of hydrogen-bond acceptors (Lipinski definition) is 3. The molecule has 0 bridgehead atoms. The van der Waals surface area contributed by atoms with Gasteiger partial charge < -0.3 is 10.0 Å². The largest absolute Gasteiger partial charge is 0.480 e. The second-order valence-electron chi connectivity index (χ2n) is 3.44. The Labute approximate surface area is 90.9 Å². The first-order chi connectivity index (χ1) is 7.08. The lowest BCUT2D eigenvalue weighted by Gasteiger charge is -2.30. The van der Waals surface area contributed by atoms with E-state index < -0.39 is 11.2 Å². The van der Waals surface area contributed by atoms with Gasteiger partial charge in [0, 0.05) is 18.5 Å². The van der Waals surface area contributed by atoms with E-state index in [0.29, 0.717) is 6.54 Å². The normalized spacial score (nSPS) is 19.9. The van der Waals surface area contributed by atoms with Crippen LogP contribution in [0.25, 0.3) is 0 Å². The Morgan fingerprint density at radius 2 is 2.40 bits per heavy atom. The third-order valence-corrected chi connectivity index (χ3v) is 3.55. The van der Waals surface area contributed by atoms with Crippen molar-refractivity contribution < 1.29 is 14.3 Å². The minimum Gasteiger partial charge on any atom is -0.480 e. The lowest BCUT2D eigenvalue weighted by atomic mass is 10.2. The number of rotatable bonds is 1. The molecular formula is C10H10FNO2S. The van der Waals surface area contributed by atoms with Crippen molar-refractivity contribution >= 4 is 23.4 Å². The molecule has 1 aromatic carbocycles. The summed E-state index contributed by atoms with van der Waals surface area (Å²) in [6.07, 6.45) is 0. The second kappa shape index (κ2) is 3.73. The van der Waals surface area contributed by atoms with Crippen LogP contribution in [0.4, 0.5) is 10.1 Å². The molecule has 0 saturated carbocycles. The first-order valence-corrected chi connectivity index (χ1v) is 5.36. The van der Waals surface area contributed by atoms with E-state index in [0.717, 1.165) is 10.6 Å². The van der Waals surface area contributed by atoms with Crippen molar-refractivity contribution in [2.24, 2.45) is 0 Å². The maximum atomic E-state index is 13.0. The molecule has 15 heavy (non-hydrogen) atoms. The molecular weight excluding hydrogens is 217 g/mol. The molecule has 0 radical (unpaired) electrons. The molecule has 5 heteroatoms. The Bertz CT molecular complexity index is 410. The zero-order valence-electron chi connectivity index (χ0n) is 8.11. The van der Waals surface area contributed by atoms with Gasteiger partial charge in [-0.25, -0.2) is 4.39 Å². The van der Waals surface area contributed by atoms with Gasteiger partial charge in [-0.3, -0.25) is 4.79 Å². The summed E-state index contributed by atoms with van der Waals surface area (Å²) in [5, 5.41) is 8.44. The van der Waals surface area contributed by atoms with Crippen molar-refractivity contribution in [1.29, 1.82) is 0 Å². The van der Waals surface area contributed by atoms with Crippen LogP contribution < -0.4 is 4.90 Å². The van der Waals surface area contributed by atoms with Crippen molar-refractivity contribution in [3.05, 3.63) is 24.0 Å². The summed E-state index contributed by atoms with van der Waals surface area (Å²) in [4.78, 5) is 13.4. The zero-order chi connectivity index (χ0) is 11.0. The Balaban J connectivity index is 2.36. The van der Waals surface area contributed by atoms with Crippen molar-refractivity contribution in [2.45, 2.75) is 10.1 Å². The van der Waals surface area contributed by atoms with Crippen molar-refractivity contribution in [3.8, 4) is 0 Å². The molecule has 1 heterocycles. The van der Waals surface area contributed by atoms with Crippen LogP contribution in [-0.4, -0.2) is 29.9 Å². The number of aliphatic carboxylic acids is 1. The molecule has 1 unspecified atom stereocenters. The Kier molecular flexibility index (Phi) is 2.56. The molecule has 0 aromatic heterocycles. The molecule has 1 aliphatic heterocycles. The minimum absolute atomic E-state index is 0.296. The topological polar surface area (TPSA) is 40.5 Å². The standard InChI is InChI=1S/C10H10FNO2S/c1-12-5-9(10(13)14)15-8-3-2-6(11)4-7(8)12/h2-4,9H,5H2,1H3,(H,13,14). The van der Waals surface area contributed by atoms with Crippen LogP contribution >= 0.6 is 11.8 Å². The summed E-state index contributed by atoms with van der Waals surface area (Å²) in [7, 11) is 1.77. The molecule has 0 saturated heterocycles. The van der Waals surface area contributed by atoms with E-state index in [1.54, 1.807) is 18.0 Å². The number of carbonyl (C=O) groups is 1. The van der Waals surface area contributed by atoms with Gasteiger partial charge in [0.2, 0.25) is 0 Å². The maximum Gasteiger partial charge on any atom is 0.318 e. The summed E-state index contributed by atoms with van der Waals surface area (Å²) in [6.45, 7) is 0.399. The number of fused-ring (bicyclic) bond motifs is 1. The van der Waals surface area contributed by atoms with Crippen LogP contribution in [0, 0.1) is 5.82 Å². The lowest BCUT2D eigenvalue weighted by Crippen LogP contribution is -2.35. The highest BCUT2D eigenvalue weighted by atomic mass is 32.2. The van der Waals surface area contributed by atoms with Crippen LogP contribution in [0.15, 0.2) is 23.1 Å². The first kappa shape index (κ1) is 10.3. The predicted octanol–water partition coefficient (Wildman–Crippen LogP) is 1.82. The maximum absolute atomic E-state index is 13.0. The molecule has 0 amide bonds. The highest BCUT2D eigenvalue weighted by Gasteiger charge is 2.28. The molecule has 1 N–H and O–H groups in total. The van der Waals surface area contributed by atoms with Crippen molar-refractivity contribution in [3.63, 3.8) is 0 Å². The van der Waals surface area contributed by atoms with Gasteiger partial charge >= 0.3 is 5.97 Å². The van der Waals surface area contributed by atoms with Crippen LogP contribution in [0.3, 0.4) is 0 Å². The molecule has 0 aliphatic carbocycles. The molecule has 3 nitrogen and oxygen atoms in total. The molecule has 1 atom stereocenters. The fourth-order valence-electron chi connectivity index (χ4n) is 1.55. The minimum atomic E-state index is -0.832. The zero-order valence-corrected chi connectivity index (χ0v) is 8.92. The molecule has 1 aromatic rings. The van der Waals surface area contributed by atoms with E-state index in [-0.39, 0.29) is 5.82 Å². The third-order valence-electron chi connectivity index (χ3n) is 2.32. The molecule has 1 aliphatic rings. The van der Waals surface area contributed by atoms with Crippen molar-refractivity contribution in [2.75, 3.05) is 18.5 Å². The van der Waals surface area contributed by atoms with Gasteiger partial charge in [-0.15, -0.1) is 11.8 Å². The van der Waals surface area contributed by atoms with Gasteiger partial charge in [-0.2, -0.15) is 0 Å². The third kappa shape index (κ3) is 1.92. The first-order valence-electron chi connectivity index (χ1n) is 4.48. The number of halogens is 1. The number of carboxylic acid groups (broad SMARTS) is 1. The van der Waals surface area contributed by atoms with Gasteiger partial charge in [0.15, 0.2) is 0 Å². The van der Waals surface area contributed by atoms with E-state index in [1.807, 2.05) is 0 Å². The molecule has 80 valence electrons. The van der Waals surface area contributed by atoms with E-state index in [1.165, 1.54) is 23.9 Å². The number of benzene rings is 1. The van der Waals surface area contributed by atoms with Gasteiger partial charge in [-0.05, 0) is 18.2 Å². The SMILES string of the molecule is CN1CC(C(=O)O)Sc2ccc(F)cc21. The predicted molar refractivity (Wildman–Crippen MR) is 57.0 cm³/mol. The molecule has 0 spiro atoms. The van der Waals surface area contributed by atoms with E-state index in [9.17, 15) is 9.18 Å². The fraction of sp³-hybridized carbons (Fsp3) is 0.300. The monoisotopic (exact) mass is 227 g/mol. The van der Waals surface area contributed by atoms with Gasteiger partial charge in [-0.1, -0.05) is 0 Å². The number of carboxylic acids is 1. The molecule has 0 fully saturated rings. The Hall–Kier alpha value is -1.23. The summed E-state index contributed by atoms with van der Waals surface area (Å²) < 4.78 is 13.0. The average Bonchev–Trinajstić information content (AvgIpc) is 2.18. The number of hydrogen-bond donors (Lipinski definition) is 1. The van der Waals surface area contributed by atoms with Gasteiger partial charge in [0.1, 0.15) is 11.1 Å². The van der Waals surface area contributed by atoms with E-state index >= 15 is 0 Å². The van der Waals surface area contributed by atoms with Gasteiger partial charge in [0.05, 0.1) is 5.69 Å². The van der Waals surface area contributed by atoms with Crippen LogP contribution in [-0.2, 0) is 4.79 Å². The quantitative estimate of drug-likeness (QED) is 0.794. The van der Waals surface area contributed by atoms with Crippen LogP contribution in [0.5, 0.6) is 0 Å². The fourth-order valence-corrected chi connectivity index (χ4v) is 2.74. The molecule has 2 rings (SSSR count). The highest BCUT2D eigenvalue weighted by Crippen LogP contribution is 2.38. The van der Waals surface area contributed by atoms with Crippen LogP contribution in [0.1, 0.15) is 0 Å². The summed E-state index contributed by atoms with van der Waals surface area (Å²) >= 11 is 1.27. The van der Waals surface area contributed by atoms with Crippen LogP contribution in [0.2, 0.25) is 0 Å². The van der Waals surface area contributed by atoms with E-state index in [2.05, 4.69) is 0 Å². The number of thioether (sulfide) groups is 1. The van der Waals surface area contributed by atoms with E-state index in [4.69, 9.17) is 5.11 Å². The number of anilines is 1.